The van der Waals surface area contributed by atoms with Crippen LogP contribution >= 0.6 is 0 Å². The lowest BCUT2D eigenvalue weighted by Crippen LogP contribution is -2.03. The summed E-state index contributed by atoms with van der Waals surface area (Å²) < 4.78 is 0. The van der Waals surface area contributed by atoms with Gasteiger partial charge in [0.15, 0.2) is 5.78 Å². The zero-order valence-corrected chi connectivity index (χ0v) is 11.7. The van der Waals surface area contributed by atoms with Crippen LogP contribution in [0.25, 0.3) is 21.5 Å². The Hall–Kier alpha value is -2.93. The summed E-state index contributed by atoms with van der Waals surface area (Å²) in [6.45, 7) is 0. The van der Waals surface area contributed by atoms with E-state index in [1.54, 1.807) is 12.1 Å². The van der Waals surface area contributed by atoms with Crippen molar-refractivity contribution in [1.82, 2.24) is 0 Å². The zero-order valence-electron chi connectivity index (χ0n) is 11.7. The third-order valence-corrected chi connectivity index (χ3v) is 3.77. The molecule has 0 aliphatic carbocycles. The van der Waals surface area contributed by atoms with Gasteiger partial charge in [-0.15, -0.1) is 0 Å². The van der Waals surface area contributed by atoms with Crippen LogP contribution in [0.3, 0.4) is 0 Å². The van der Waals surface area contributed by atoms with Crippen LogP contribution in [0.4, 0.5) is 0 Å². The first-order valence-electron chi connectivity index (χ1n) is 7.00. The number of ketones is 1. The van der Waals surface area contributed by atoms with Crippen molar-refractivity contribution in [1.29, 1.82) is 0 Å². The Labute approximate surface area is 128 Å². The monoisotopic (exact) mass is 278 g/mol. The normalized spacial score (nSPS) is 10.9. The van der Waals surface area contributed by atoms with Gasteiger partial charge in [-0.05, 0) is 57.9 Å². The zero-order chi connectivity index (χ0) is 14.9. The average Bonchev–Trinajstić information content (AvgIpc) is 2.60. The molecule has 0 spiro atoms. The fraction of sp³-hybridized carbons (Fsp3) is 0. The van der Waals surface area contributed by atoms with Crippen molar-refractivity contribution in [3.05, 3.63) is 96.1 Å². The molecule has 0 aliphatic heterocycles. The van der Waals surface area contributed by atoms with Gasteiger partial charge in [0.1, 0.15) is 0 Å². The van der Waals surface area contributed by atoms with Crippen LogP contribution in [-0.4, -0.2) is 5.78 Å². The fourth-order valence-corrected chi connectivity index (χ4v) is 2.70. The molecular weight excluding hydrogens is 268 g/mol. The molecule has 0 saturated carbocycles. The molecule has 0 bridgehead atoms. The first kappa shape index (κ1) is 12.8. The summed E-state index contributed by atoms with van der Waals surface area (Å²) in [5, 5.41) is 3.75. The van der Waals surface area contributed by atoms with Gasteiger partial charge in [0, 0.05) is 11.1 Å². The van der Waals surface area contributed by atoms with E-state index in [0.717, 1.165) is 21.5 Å². The van der Waals surface area contributed by atoms with Gasteiger partial charge in [0.25, 0.3) is 0 Å². The van der Waals surface area contributed by atoms with Gasteiger partial charge in [0.05, 0.1) is 0 Å². The molecule has 0 saturated heterocycles. The van der Waals surface area contributed by atoms with Gasteiger partial charge in [0.2, 0.25) is 0 Å². The molecule has 1 heteroatoms. The number of hydrogen-bond donors (Lipinski definition) is 0. The summed E-state index contributed by atoms with van der Waals surface area (Å²) in [6.07, 6.45) is 0. The van der Waals surface area contributed by atoms with E-state index in [-0.39, 0.29) is 5.78 Å². The van der Waals surface area contributed by atoms with Crippen LogP contribution in [0.15, 0.2) is 60.7 Å². The predicted octanol–water partition coefficient (Wildman–Crippen LogP) is 4.42. The van der Waals surface area contributed by atoms with Gasteiger partial charge < -0.3 is 0 Å². The maximum Gasteiger partial charge on any atom is 0.195 e. The third kappa shape index (κ3) is 1.99. The lowest BCUT2D eigenvalue weighted by Gasteiger charge is -2.08. The number of benzene rings is 4. The van der Waals surface area contributed by atoms with E-state index >= 15 is 0 Å². The summed E-state index contributed by atoms with van der Waals surface area (Å²) >= 11 is 0. The molecule has 0 aromatic heterocycles. The number of carbonyl (C=O) groups is 1. The molecule has 0 amide bonds. The van der Waals surface area contributed by atoms with Crippen molar-refractivity contribution in [2.45, 2.75) is 0 Å². The number of rotatable bonds is 2. The molecule has 0 atom stereocenters. The smallest absolute Gasteiger partial charge is 0.195 e. The lowest BCUT2D eigenvalue weighted by atomic mass is 9.94. The van der Waals surface area contributed by atoms with Gasteiger partial charge in [-0.1, -0.05) is 48.5 Å². The maximum absolute atomic E-state index is 13.0. The minimum atomic E-state index is -0.0615. The largest absolute Gasteiger partial charge is 0.289 e. The molecule has 0 aliphatic rings. The van der Waals surface area contributed by atoms with Crippen molar-refractivity contribution < 1.29 is 4.79 Å². The van der Waals surface area contributed by atoms with Crippen LogP contribution < -0.4 is 0 Å². The second kappa shape index (κ2) is 5.12. The van der Waals surface area contributed by atoms with Gasteiger partial charge in [-0.25, -0.2) is 0 Å². The van der Waals surface area contributed by atoms with E-state index in [4.69, 9.17) is 0 Å². The highest BCUT2D eigenvalue weighted by Gasteiger charge is 2.15. The Morgan fingerprint density at radius 1 is 0.682 bits per heavy atom. The van der Waals surface area contributed by atoms with Crippen LogP contribution in [0.1, 0.15) is 15.9 Å². The van der Waals surface area contributed by atoms with Crippen molar-refractivity contribution in [2.24, 2.45) is 0 Å². The Morgan fingerprint density at radius 3 is 1.68 bits per heavy atom. The third-order valence-electron chi connectivity index (χ3n) is 3.77. The molecule has 22 heavy (non-hydrogen) atoms. The molecule has 0 N–H and O–H groups in total. The Bertz CT molecular complexity index is 907. The molecule has 0 heterocycles. The van der Waals surface area contributed by atoms with E-state index < -0.39 is 0 Å². The first-order chi connectivity index (χ1) is 10.8. The first-order valence-corrected chi connectivity index (χ1v) is 7.00. The number of carbonyl (C=O) groups excluding carboxylic acids is 1. The molecule has 4 aromatic carbocycles. The van der Waals surface area contributed by atoms with Crippen molar-refractivity contribution in [2.75, 3.05) is 0 Å². The molecule has 4 rings (SSSR count). The van der Waals surface area contributed by atoms with Crippen LogP contribution in [0.5, 0.6) is 0 Å². The van der Waals surface area contributed by atoms with Crippen molar-refractivity contribution in [3.8, 4) is 0 Å². The second-order valence-electron chi connectivity index (χ2n) is 5.06. The molecule has 1 nitrogen and oxygen atoms in total. The van der Waals surface area contributed by atoms with Gasteiger partial charge >= 0.3 is 0 Å². The van der Waals surface area contributed by atoms with E-state index in [9.17, 15) is 4.79 Å². The Kier molecular flexibility index (Phi) is 2.97. The highest BCUT2D eigenvalue weighted by molar-refractivity contribution is 6.21. The van der Waals surface area contributed by atoms with Crippen LogP contribution in [0, 0.1) is 24.3 Å². The molecule has 0 unspecified atom stereocenters. The van der Waals surface area contributed by atoms with Crippen LogP contribution in [0.2, 0.25) is 0 Å². The molecular formula is C21H10O. The summed E-state index contributed by atoms with van der Waals surface area (Å²) in [4.78, 5) is 13.0. The van der Waals surface area contributed by atoms with E-state index in [0.29, 0.717) is 11.1 Å². The number of fused-ring (bicyclic) bond motifs is 2. The quantitative estimate of drug-likeness (QED) is 0.496. The van der Waals surface area contributed by atoms with E-state index in [1.165, 1.54) is 0 Å². The Balaban J connectivity index is 1.97. The summed E-state index contributed by atoms with van der Waals surface area (Å²) in [6, 6.07) is 30.8. The molecule has 0 fully saturated rings. The maximum atomic E-state index is 13.0. The summed E-state index contributed by atoms with van der Waals surface area (Å²) in [7, 11) is 0. The predicted molar refractivity (Wildman–Crippen MR) is 86.7 cm³/mol. The number of hydrogen-bond acceptors (Lipinski definition) is 1. The average molecular weight is 278 g/mol. The lowest BCUT2D eigenvalue weighted by molar-refractivity contribution is 0.104. The van der Waals surface area contributed by atoms with Gasteiger partial charge in [-0.2, -0.15) is 0 Å². The molecule has 4 radical (unpaired) electrons. The molecule has 4 aromatic rings. The van der Waals surface area contributed by atoms with E-state index in [2.05, 4.69) is 24.3 Å². The minimum Gasteiger partial charge on any atom is -0.289 e. The molecule has 100 valence electrons. The topological polar surface area (TPSA) is 17.1 Å². The minimum absolute atomic E-state index is 0.0615. The fourth-order valence-electron chi connectivity index (χ4n) is 2.70. The standard InChI is InChI=1S/C21H10O/c22-21(19-13-5-9-15-7-1-3-11-17(15)19)20-14-6-10-16-8-2-4-12-18(16)20/h3-12H. The Morgan fingerprint density at radius 2 is 1.18 bits per heavy atom. The highest BCUT2D eigenvalue weighted by Crippen LogP contribution is 2.24. The van der Waals surface area contributed by atoms with Crippen molar-refractivity contribution in [3.63, 3.8) is 0 Å². The van der Waals surface area contributed by atoms with Crippen LogP contribution in [-0.2, 0) is 0 Å². The van der Waals surface area contributed by atoms with Crippen molar-refractivity contribution >= 4 is 27.3 Å². The summed E-state index contributed by atoms with van der Waals surface area (Å²) in [5.41, 5.74) is 1.14. The SMILES string of the molecule is O=C(c1[c]ccc2c[c]ccc12)c1[c]ccc2c[c]ccc12. The van der Waals surface area contributed by atoms with E-state index in [1.807, 2.05) is 48.5 Å². The second-order valence-corrected chi connectivity index (χ2v) is 5.06. The highest BCUT2D eigenvalue weighted by atomic mass is 16.1. The van der Waals surface area contributed by atoms with Gasteiger partial charge in [-0.3, -0.25) is 4.79 Å². The summed E-state index contributed by atoms with van der Waals surface area (Å²) in [5.74, 6) is -0.0615.